The van der Waals surface area contributed by atoms with E-state index in [9.17, 15) is 0 Å². The Labute approximate surface area is 157 Å². The van der Waals surface area contributed by atoms with Crippen molar-refractivity contribution in [2.75, 3.05) is 0 Å². The van der Waals surface area contributed by atoms with Gasteiger partial charge in [-0.05, 0) is 29.7 Å². The Hall–Kier alpha value is -2.99. The van der Waals surface area contributed by atoms with Crippen molar-refractivity contribution in [2.24, 2.45) is 0 Å². The summed E-state index contributed by atoms with van der Waals surface area (Å²) in [7, 11) is 0. The summed E-state index contributed by atoms with van der Waals surface area (Å²) in [6, 6.07) is 14.7. The third kappa shape index (κ3) is 3.02. The Bertz CT molecular complexity index is 1050. The van der Waals surface area contributed by atoms with E-state index in [0.29, 0.717) is 11.8 Å². The highest BCUT2D eigenvalue weighted by atomic mass is 16.4. The van der Waals surface area contributed by atoms with Crippen molar-refractivity contribution in [3.63, 3.8) is 0 Å². The minimum absolute atomic E-state index is 0.0671. The molecular formula is C21H21N5O. The fourth-order valence-corrected chi connectivity index (χ4v) is 3.80. The van der Waals surface area contributed by atoms with Crippen LogP contribution < -0.4 is 0 Å². The molecule has 1 aliphatic heterocycles. The van der Waals surface area contributed by atoms with Crippen LogP contribution in [0.3, 0.4) is 0 Å². The highest BCUT2D eigenvalue weighted by molar-refractivity contribution is 5.39. The van der Waals surface area contributed by atoms with Gasteiger partial charge in [-0.2, -0.15) is 0 Å². The van der Waals surface area contributed by atoms with Crippen molar-refractivity contribution in [2.45, 2.75) is 38.9 Å². The summed E-state index contributed by atoms with van der Waals surface area (Å²) >= 11 is 0. The summed E-state index contributed by atoms with van der Waals surface area (Å²) in [5, 5.41) is 8.51. The molecule has 0 fully saturated rings. The summed E-state index contributed by atoms with van der Waals surface area (Å²) in [5.41, 5.74) is 4.71. The van der Waals surface area contributed by atoms with Gasteiger partial charge in [0.25, 0.3) is 0 Å². The van der Waals surface area contributed by atoms with Crippen LogP contribution in [0.2, 0.25) is 0 Å². The van der Waals surface area contributed by atoms with E-state index in [1.54, 1.807) is 0 Å². The van der Waals surface area contributed by atoms with Gasteiger partial charge in [0.2, 0.25) is 11.8 Å². The lowest BCUT2D eigenvalue weighted by atomic mass is 9.94. The van der Waals surface area contributed by atoms with Crippen molar-refractivity contribution in [3.8, 4) is 0 Å². The van der Waals surface area contributed by atoms with E-state index >= 15 is 0 Å². The number of rotatable bonds is 4. The van der Waals surface area contributed by atoms with Crippen LogP contribution >= 0.6 is 0 Å². The first-order valence-electron chi connectivity index (χ1n) is 9.36. The van der Waals surface area contributed by atoms with Crippen LogP contribution in [0.1, 0.15) is 41.6 Å². The summed E-state index contributed by atoms with van der Waals surface area (Å²) in [6.07, 6.45) is 5.75. The van der Waals surface area contributed by atoms with Crippen molar-refractivity contribution < 1.29 is 4.42 Å². The molecule has 0 saturated carbocycles. The van der Waals surface area contributed by atoms with Gasteiger partial charge in [-0.1, -0.05) is 37.3 Å². The number of nitrogens with zero attached hydrogens (tertiary/aromatic N) is 5. The van der Waals surface area contributed by atoms with Gasteiger partial charge in [0.1, 0.15) is 5.65 Å². The molecule has 0 N–H and O–H groups in total. The molecule has 6 nitrogen and oxygen atoms in total. The van der Waals surface area contributed by atoms with Crippen molar-refractivity contribution in [3.05, 3.63) is 83.5 Å². The first-order chi connectivity index (χ1) is 13.3. The van der Waals surface area contributed by atoms with Crippen LogP contribution in [-0.4, -0.2) is 24.5 Å². The number of imidazole rings is 1. The predicted octanol–water partition coefficient (Wildman–Crippen LogP) is 3.58. The normalized spacial score (nSPS) is 17.3. The third-order valence-corrected chi connectivity index (χ3v) is 5.19. The van der Waals surface area contributed by atoms with Gasteiger partial charge in [-0.15, -0.1) is 10.2 Å². The first kappa shape index (κ1) is 16.2. The molecule has 0 saturated heterocycles. The Morgan fingerprint density at radius 2 is 1.93 bits per heavy atom. The molecule has 4 heterocycles. The maximum atomic E-state index is 5.92. The van der Waals surface area contributed by atoms with Crippen LogP contribution in [-0.2, 0) is 25.9 Å². The van der Waals surface area contributed by atoms with E-state index in [-0.39, 0.29) is 6.04 Å². The molecule has 0 unspecified atom stereocenters. The maximum absolute atomic E-state index is 5.92. The number of fused-ring (bicyclic) bond motifs is 2. The second kappa shape index (κ2) is 6.63. The Balaban J connectivity index is 1.50. The average molecular weight is 359 g/mol. The van der Waals surface area contributed by atoms with E-state index in [1.807, 2.05) is 31.3 Å². The largest absolute Gasteiger partial charge is 0.424 e. The fourth-order valence-electron chi connectivity index (χ4n) is 3.80. The van der Waals surface area contributed by atoms with Gasteiger partial charge in [0, 0.05) is 31.9 Å². The van der Waals surface area contributed by atoms with E-state index in [1.165, 1.54) is 11.1 Å². The number of aryl methyl sites for hydroxylation is 1. The van der Waals surface area contributed by atoms with Gasteiger partial charge >= 0.3 is 0 Å². The van der Waals surface area contributed by atoms with Gasteiger partial charge in [0.05, 0.1) is 11.7 Å². The van der Waals surface area contributed by atoms with Crippen LogP contribution in [0.5, 0.6) is 0 Å². The number of hydrogen-bond acceptors (Lipinski definition) is 5. The number of hydrogen-bond donors (Lipinski definition) is 0. The van der Waals surface area contributed by atoms with E-state index in [0.717, 1.165) is 37.3 Å². The molecule has 0 aliphatic carbocycles. The van der Waals surface area contributed by atoms with Gasteiger partial charge in [-0.25, -0.2) is 4.98 Å². The minimum atomic E-state index is 0.0671. The topological polar surface area (TPSA) is 59.5 Å². The zero-order valence-corrected chi connectivity index (χ0v) is 15.2. The lowest BCUT2D eigenvalue weighted by molar-refractivity contribution is 0.135. The molecule has 1 aromatic carbocycles. The number of aromatic nitrogens is 4. The first-order valence-corrected chi connectivity index (χ1v) is 9.36. The molecular weight excluding hydrogens is 338 g/mol. The smallest absolute Gasteiger partial charge is 0.233 e. The molecule has 0 radical (unpaired) electrons. The van der Waals surface area contributed by atoms with E-state index in [2.05, 4.69) is 50.0 Å². The second-order valence-corrected chi connectivity index (χ2v) is 6.98. The van der Waals surface area contributed by atoms with Crippen molar-refractivity contribution in [1.29, 1.82) is 0 Å². The average Bonchev–Trinajstić information content (AvgIpc) is 3.33. The molecule has 136 valence electrons. The molecule has 4 aromatic rings. The standard InChI is InChI=1S/C21H21N5O/c1-2-20-23-24-21(27-20)18-11-15-7-3-4-8-16(15)12-26(18)14-17-13-25-10-6-5-9-19(25)22-17/h3-10,13,18H,2,11-12,14H2,1H3/t18-/m0/s1. The third-order valence-electron chi connectivity index (χ3n) is 5.19. The van der Waals surface area contributed by atoms with Gasteiger partial charge in [0.15, 0.2) is 0 Å². The highest BCUT2D eigenvalue weighted by Gasteiger charge is 2.31. The molecule has 27 heavy (non-hydrogen) atoms. The monoisotopic (exact) mass is 359 g/mol. The number of benzene rings is 1. The molecule has 0 spiro atoms. The summed E-state index contributed by atoms with van der Waals surface area (Å²) in [5.74, 6) is 1.39. The molecule has 6 heteroatoms. The molecule has 0 amide bonds. The Morgan fingerprint density at radius 1 is 1.07 bits per heavy atom. The Kier molecular flexibility index (Phi) is 3.98. The predicted molar refractivity (Wildman–Crippen MR) is 101 cm³/mol. The van der Waals surface area contributed by atoms with E-state index < -0.39 is 0 Å². The van der Waals surface area contributed by atoms with Crippen LogP contribution in [0.4, 0.5) is 0 Å². The summed E-state index contributed by atoms with van der Waals surface area (Å²) in [6.45, 7) is 3.62. The maximum Gasteiger partial charge on any atom is 0.233 e. The molecule has 5 rings (SSSR count). The zero-order chi connectivity index (χ0) is 18.2. The summed E-state index contributed by atoms with van der Waals surface area (Å²) in [4.78, 5) is 7.15. The molecule has 1 aliphatic rings. The second-order valence-electron chi connectivity index (χ2n) is 6.98. The van der Waals surface area contributed by atoms with Crippen molar-refractivity contribution >= 4 is 5.65 Å². The van der Waals surface area contributed by atoms with Crippen LogP contribution in [0.25, 0.3) is 5.65 Å². The van der Waals surface area contributed by atoms with Gasteiger partial charge < -0.3 is 8.82 Å². The fraction of sp³-hybridized carbons (Fsp3) is 0.286. The molecule has 0 bridgehead atoms. The van der Waals surface area contributed by atoms with Crippen LogP contribution in [0, 0.1) is 0 Å². The lowest BCUT2D eigenvalue weighted by Crippen LogP contribution is -2.34. The van der Waals surface area contributed by atoms with E-state index in [4.69, 9.17) is 9.40 Å². The number of pyridine rings is 1. The molecule has 3 aromatic heterocycles. The molecule has 1 atom stereocenters. The van der Waals surface area contributed by atoms with Gasteiger partial charge in [-0.3, -0.25) is 4.90 Å². The zero-order valence-electron chi connectivity index (χ0n) is 15.2. The lowest BCUT2D eigenvalue weighted by Gasteiger charge is -2.34. The minimum Gasteiger partial charge on any atom is -0.424 e. The Morgan fingerprint density at radius 3 is 2.74 bits per heavy atom. The van der Waals surface area contributed by atoms with Crippen LogP contribution in [0.15, 0.2) is 59.3 Å². The van der Waals surface area contributed by atoms with Crippen molar-refractivity contribution in [1.82, 2.24) is 24.5 Å². The quantitative estimate of drug-likeness (QED) is 0.557. The summed E-state index contributed by atoms with van der Waals surface area (Å²) < 4.78 is 7.98. The SMILES string of the molecule is CCc1nnc([C@@H]2Cc3ccccc3CN2Cc2cn3ccccc3n2)o1. The highest BCUT2D eigenvalue weighted by Crippen LogP contribution is 2.33.